The van der Waals surface area contributed by atoms with Crippen molar-refractivity contribution in [2.75, 3.05) is 25.6 Å². The first kappa shape index (κ1) is 18.7. The molecule has 7 nitrogen and oxygen atoms in total. The van der Waals surface area contributed by atoms with Gasteiger partial charge in [0.1, 0.15) is 4.90 Å². The Kier molecular flexibility index (Phi) is 6.59. The number of aromatic carboxylic acids is 1. The lowest BCUT2D eigenvalue weighted by Crippen LogP contribution is -2.29. The van der Waals surface area contributed by atoms with Crippen molar-refractivity contribution in [3.8, 4) is 0 Å². The zero-order valence-electron chi connectivity index (χ0n) is 13.7. The lowest BCUT2D eigenvalue weighted by molar-refractivity contribution is 0.0696. The fraction of sp³-hybridized carbons (Fsp3) is 0.562. The van der Waals surface area contributed by atoms with Crippen molar-refractivity contribution in [1.82, 2.24) is 4.72 Å². The van der Waals surface area contributed by atoms with Crippen LogP contribution >= 0.6 is 0 Å². The van der Waals surface area contributed by atoms with Crippen molar-refractivity contribution >= 4 is 21.7 Å². The number of anilines is 1. The third kappa shape index (κ3) is 4.93. The lowest BCUT2D eigenvalue weighted by Gasteiger charge is -2.25. The van der Waals surface area contributed by atoms with E-state index < -0.39 is 16.0 Å². The Morgan fingerprint density at radius 1 is 1.29 bits per heavy atom. The highest BCUT2D eigenvalue weighted by molar-refractivity contribution is 7.89. The van der Waals surface area contributed by atoms with Crippen LogP contribution in [0.25, 0.3) is 0 Å². The molecule has 1 aliphatic rings. The first-order valence-corrected chi connectivity index (χ1v) is 9.55. The summed E-state index contributed by atoms with van der Waals surface area (Å²) in [5.41, 5.74) is 0.383. The summed E-state index contributed by atoms with van der Waals surface area (Å²) in [6.07, 6.45) is 5.38. The number of carboxylic acid groups (broad SMARTS) is 1. The van der Waals surface area contributed by atoms with Gasteiger partial charge in [0.2, 0.25) is 10.0 Å². The Morgan fingerprint density at radius 2 is 2.00 bits per heavy atom. The van der Waals surface area contributed by atoms with Crippen LogP contribution < -0.4 is 10.0 Å². The minimum atomic E-state index is -3.83. The number of rotatable bonds is 8. The molecule has 24 heavy (non-hydrogen) atoms. The first-order chi connectivity index (χ1) is 11.4. The smallest absolute Gasteiger partial charge is 0.335 e. The van der Waals surface area contributed by atoms with Gasteiger partial charge in [-0.2, -0.15) is 0 Å². The molecule has 1 aliphatic carbocycles. The predicted octanol–water partition coefficient (Wildman–Crippen LogP) is 2.05. The second-order valence-electron chi connectivity index (χ2n) is 5.89. The van der Waals surface area contributed by atoms with Gasteiger partial charge in [-0.1, -0.05) is 19.3 Å². The van der Waals surface area contributed by atoms with Crippen molar-refractivity contribution in [3.05, 3.63) is 23.8 Å². The minimum Gasteiger partial charge on any atom is -0.478 e. The van der Waals surface area contributed by atoms with Crippen molar-refractivity contribution < 1.29 is 23.1 Å². The van der Waals surface area contributed by atoms with Crippen molar-refractivity contribution in [2.24, 2.45) is 0 Å². The maximum atomic E-state index is 12.5. The van der Waals surface area contributed by atoms with E-state index >= 15 is 0 Å². The van der Waals surface area contributed by atoms with E-state index in [4.69, 9.17) is 9.84 Å². The van der Waals surface area contributed by atoms with E-state index in [9.17, 15) is 13.2 Å². The fourth-order valence-corrected chi connectivity index (χ4v) is 4.03. The molecule has 1 aromatic carbocycles. The number of methoxy groups -OCH3 is 1. The zero-order chi connectivity index (χ0) is 17.6. The second kappa shape index (κ2) is 8.46. The molecule has 0 atom stereocenters. The molecule has 0 amide bonds. The van der Waals surface area contributed by atoms with Gasteiger partial charge in [-0.05, 0) is 31.0 Å². The first-order valence-electron chi connectivity index (χ1n) is 8.06. The Bertz CT molecular complexity index is 669. The topological polar surface area (TPSA) is 105 Å². The molecule has 0 heterocycles. The van der Waals surface area contributed by atoms with Gasteiger partial charge in [0.05, 0.1) is 17.9 Å². The molecule has 0 saturated heterocycles. The van der Waals surface area contributed by atoms with Gasteiger partial charge in [0, 0.05) is 19.7 Å². The average Bonchev–Trinajstić information content (AvgIpc) is 2.56. The summed E-state index contributed by atoms with van der Waals surface area (Å²) in [6.45, 7) is 0.363. The Morgan fingerprint density at radius 3 is 2.62 bits per heavy atom. The summed E-state index contributed by atoms with van der Waals surface area (Å²) < 4.78 is 32.4. The lowest BCUT2D eigenvalue weighted by atomic mass is 9.95. The van der Waals surface area contributed by atoms with Crippen LogP contribution in [0, 0.1) is 0 Å². The summed E-state index contributed by atoms with van der Waals surface area (Å²) in [5.74, 6) is -1.16. The molecule has 0 bridgehead atoms. The van der Waals surface area contributed by atoms with E-state index in [1.54, 1.807) is 0 Å². The fourth-order valence-electron chi connectivity index (χ4n) is 2.82. The molecular formula is C16H24N2O5S. The van der Waals surface area contributed by atoms with Gasteiger partial charge >= 0.3 is 5.97 Å². The van der Waals surface area contributed by atoms with E-state index in [1.165, 1.54) is 31.7 Å². The van der Waals surface area contributed by atoms with E-state index in [0.29, 0.717) is 5.69 Å². The van der Waals surface area contributed by atoms with E-state index in [-0.39, 0.29) is 29.7 Å². The van der Waals surface area contributed by atoms with Gasteiger partial charge in [-0.15, -0.1) is 0 Å². The summed E-state index contributed by atoms with van der Waals surface area (Å²) >= 11 is 0. The molecule has 3 N–H and O–H groups in total. The van der Waals surface area contributed by atoms with Crippen LogP contribution in [0.1, 0.15) is 42.5 Å². The Balaban J connectivity index is 2.29. The number of hydrogen-bond donors (Lipinski definition) is 3. The highest BCUT2D eigenvalue weighted by atomic mass is 32.2. The molecule has 0 radical (unpaired) electrons. The van der Waals surface area contributed by atoms with Crippen LogP contribution in [0.15, 0.2) is 23.1 Å². The summed E-state index contributed by atoms with van der Waals surface area (Å²) in [7, 11) is -2.34. The van der Waals surface area contributed by atoms with E-state index in [2.05, 4.69) is 10.0 Å². The van der Waals surface area contributed by atoms with Crippen molar-refractivity contribution in [3.63, 3.8) is 0 Å². The van der Waals surface area contributed by atoms with Crippen molar-refractivity contribution in [2.45, 2.75) is 43.0 Å². The summed E-state index contributed by atoms with van der Waals surface area (Å²) in [4.78, 5) is 11.1. The maximum Gasteiger partial charge on any atom is 0.335 e. The van der Waals surface area contributed by atoms with Crippen LogP contribution in [0.2, 0.25) is 0 Å². The van der Waals surface area contributed by atoms with Crippen molar-refractivity contribution in [1.29, 1.82) is 0 Å². The van der Waals surface area contributed by atoms with Crippen LogP contribution in [0.5, 0.6) is 0 Å². The molecule has 0 aromatic heterocycles. The predicted molar refractivity (Wildman–Crippen MR) is 91.0 cm³/mol. The monoisotopic (exact) mass is 356 g/mol. The standard InChI is InChI=1S/C16H24N2O5S/c1-23-10-9-17-24(21,22)15-11-12(16(19)20)7-8-14(15)18-13-5-3-2-4-6-13/h7-8,11,13,17-18H,2-6,9-10H2,1H3,(H,19,20). The second-order valence-corrected chi connectivity index (χ2v) is 7.62. The van der Waals surface area contributed by atoms with Gasteiger partial charge < -0.3 is 15.2 Å². The minimum absolute atomic E-state index is 0.0379. The summed E-state index contributed by atoms with van der Waals surface area (Å²) in [6, 6.07) is 4.36. The van der Waals surface area contributed by atoms with E-state index in [1.807, 2.05) is 0 Å². The molecule has 0 unspecified atom stereocenters. The SMILES string of the molecule is COCCNS(=O)(=O)c1cc(C(=O)O)ccc1NC1CCCCC1. The number of carbonyl (C=O) groups is 1. The quantitative estimate of drug-likeness (QED) is 0.616. The van der Waals surface area contributed by atoms with Crippen LogP contribution in [-0.4, -0.2) is 45.8 Å². The molecule has 1 fully saturated rings. The Hall–Kier alpha value is -1.64. The number of sulfonamides is 1. The number of ether oxygens (including phenoxy) is 1. The van der Waals surface area contributed by atoms with Gasteiger partial charge in [-0.25, -0.2) is 17.9 Å². The molecule has 134 valence electrons. The number of carboxylic acids is 1. The van der Waals surface area contributed by atoms with Gasteiger partial charge in [-0.3, -0.25) is 0 Å². The third-order valence-electron chi connectivity index (χ3n) is 4.08. The average molecular weight is 356 g/mol. The highest BCUT2D eigenvalue weighted by Gasteiger charge is 2.23. The maximum absolute atomic E-state index is 12.5. The van der Waals surface area contributed by atoms with Crippen LogP contribution in [0.4, 0.5) is 5.69 Å². The normalized spacial score (nSPS) is 16.0. The third-order valence-corrected chi connectivity index (χ3v) is 5.58. The zero-order valence-corrected chi connectivity index (χ0v) is 14.6. The molecule has 1 saturated carbocycles. The van der Waals surface area contributed by atoms with Gasteiger partial charge in [0.25, 0.3) is 0 Å². The van der Waals surface area contributed by atoms with Crippen LogP contribution in [-0.2, 0) is 14.8 Å². The van der Waals surface area contributed by atoms with E-state index in [0.717, 1.165) is 25.7 Å². The number of hydrogen-bond acceptors (Lipinski definition) is 5. The Labute approximate surface area is 142 Å². The van der Waals surface area contributed by atoms with Crippen LogP contribution in [0.3, 0.4) is 0 Å². The largest absolute Gasteiger partial charge is 0.478 e. The number of benzene rings is 1. The summed E-state index contributed by atoms with van der Waals surface area (Å²) in [5, 5.41) is 12.4. The molecule has 1 aromatic rings. The molecule has 0 aliphatic heterocycles. The molecular weight excluding hydrogens is 332 g/mol. The van der Waals surface area contributed by atoms with Gasteiger partial charge in [0.15, 0.2) is 0 Å². The molecule has 8 heteroatoms. The molecule has 0 spiro atoms. The molecule has 2 rings (SSSR count). The number of nitrogens with one attached hydrogen (secondary N) is 2. The highest BCUT2D eigenvalue weighted by Crippen LogP contribution is 2.27.